The molecule has 20 heavy (non-hydrogen) atoms. The molecule has 0 unspecified atom stereocenters. The summed E-state index contributed by atoms with van der Waals surface area (Å²) < 4.78 is 64.7. The molecular formula is C12H8F3NO3S. The molecule has 8 heteroatoms. The van der Waals surface area contributed by atoms with Gasteiger partial charge in [0.25, 0.3) is 10.0 Å². The van der Waals surface area contributed by atoms with Crippen LogP contribution in [-0.4, -0.2) is 13.5 Å². The van der Waals surface area contributed by atoms with Crippen molar-refractivity contribution < 1.29 is 26.7 Å². The lowest BCUT2D eigenvalue weighted by Gasteiger charge is -2.10. The van der Waals surface area contributed by atoms with Crippen molar-refractivity contribution in [3.05, 3.63) is 53.8 Å². The van der Waals surface area contributed by atoms with Gasteiger partial charge in [0.05, 0.1) is 5.69 Å². The van der Waals surface area contributed by atoms with Crippen LogP contribution >= 0.6 is 0 Å². The van der Waals surface area contributed by atoms with Crippen LogP contribution in [0.1, 0.15) is 0 Å². The number of phenolic OH excluding ortho intramolecular Hbond substituents is 1. The monoisotopic (exact) mass is 303 g/mol. The molecule has 0 radical (unpaired) electrons. The fourth-order valence-electron chi connectivity index (χ4n) is 1.49. The van der Waals surface area contributed by atoms with E-state index in [0.717, 1.165) is 18.2 Å². The quantitative estimate of drug-likeness (QED) is 0.857. The Morgan fingerprint density at radius 3 is 2.25 bits per heavy atom. The van der Waals surface area contributed by atoms with Crippen molar-refractivity contribution in [2.45, 2.75) is 4.90 Å². The molecule has 0 aromatic heterocycles. The maximum Gasteiger partial charge on any atom is 0.265 e. The van der Waals surface area contributed by atoms with Crippen LogP contribution in [0.3, 0.4) is 0 Å². The number of aromatic hydroxyl groups is 1. The Labute approximate surface area is 112 Å². The number of rotatable bonds is 3. The third kappa shape index (κ3) is 2.55. The molecule has 0 saturated heterocycles. The minimum absolute atomic E-state index is 0.510. The van der Waals surface area contributed by atoms with Crippen LogP contribution in [0.2, 0.25) is 0 Å². The average molecular weight is 303 g/mol. The van der Waals surface area contributed by atoms with E-state index in [-0.39, 0.29) is 0 Å². The van der Waals surface area contributed by atoms with E-state index < -0.39 is 43.8 Å². The molecule has 0 amide bonds. The highest BCUT2D eigenvalue weighted by Gasteiger charge is 2.22. The van der Waals surface area contributed by atoms with Gasteiger partial charge in [0, 0.05) is 0 Å². The number of benzene rings is 2. The molecule has 0 atom stereocenters. The number of halogens is 3. The Kier molecular flexibility index (Phi) is 3.58. The zero-order valence-corrected chi connectivity index (χ0v) is 10.6. The number of para-hydroxylation sites is 1. The first-order chi connectivity index (χ1) is 9.33. The van der Waals surface area contributed by atoms with Gasteiger partial charge in [-0.05, 0) is 24.3 Å². The fraction of sp³-hybridized carbons (Fsp3) is 0. The maximum absolute atomic E-state index is 13.4. The summed E-state index contributed by atoms with van der Waals surface area (Å²) in [5, 5.41) is 9.45. The van der Waals surface area contributed by atoms with Crippen molar-refractivity contribution in [3.8, 4) is 5.75 Å². The van der Waals surface area contributed by atoms with Gasteiger partial charge < -0.3 is 5.11 Å². The molecule has 0 spiro atoms. The Hall–Kier alpha value is -2.22. The predicted molar refractivity (Wildman–Crippen MR) is 65.2 cm³/mol. The van der Waals surface area contributed by atoms with Crippen LogP contribution in [0.4, 0.5) is 18.9 Å². The van der Waals surface area contributed by atoms with Gasteiger partial charge in [-0.25, -0.2) is 21.6 Å². The van der Waals surface area contributed by atoms with Gasteiger partial charge in [-0.15, -0.1) is 0 Å². The molecule has 0 heterocycles. The van der Waals surface area contributed by atoms with Gasteiger partial charge in [-0.1, -0.05) is 12.1 Å². The summed E-state index contributed by atoms with van der Waals surface area (Å²) in [6, 6.07) is 6.26. The molecule has 2 N–H and O–H groups in total. The second-order valence-electron chi connectivity index (χ2n) is 3.80. The lowest BCUT2D eigenvalue weighted by atomic mass is 10.3. The van der Waals surface area contributed by atoms with E-state index >= 15 is 0 Å². The summed E-state index contributed by atoms with van der Waals surface area (Å²) in [5.74, 6) is -5.44. The van der Waals surface area contributed by atoms with E-state index in [1.807, 2.05) is 0 Å². The number of hydrogen-bond acceptors (Lipinski definition) is 3. The molecule has 0 fully saturated rings. The van der Waals surface area contributed by atoms with Crippen molar-refractivity contribution in [2.24, 2.45) is 0 Å². The first-order valence-electron chi connectivity index (χ1n) is 5.27. The number of hydrogen-bond donors (Lipinski definition) is 2. The molecule has 2 aromatic carbocycles. The Balaban J connectivity index is 2.45. The van der Waals surface area contributed by atoms with Crippen molar-refractivity contribution >= 4 is 15.7 Å². The van der Waals surface area contributed by atoms with E-state index in [1.54, 1.807) is 4.72 Å². The van der Waals surface area contributed by atoms with Gasteiger partial charge in [0.15, 0.2) is 17.5 Å². The summed E-state index contributed by atoms with van der Waals surface area (Å²) in [4.78, 5) is -0.510. The molecule has 106 valence electrons. The van der Waals surface area contributed by atoms with Crippen molar-refractivity contribution in [1.82, 2.24) is 0 Å². The standard InChI is InChI=1S/C12H8F3NO3S/c13-7-5-6-8(12(15)11(7)14)16-20(18,19)10-4-2-1-3-9(10)17/h1-6,16-17H. The van der Waals surface area contributed by atoms with Gasteiger partial charge >= 0.3 is 0 Å². The van der Waals surface area contributed by atoms with E-state index in [4.69, 9.17) is 0 Å². The minimum Gasteiger partial charge on any atom is -0.507 e. The number of anilines is 1. The van der Waals surface area contributed by atoms with E-state index in [9.17, 15) is 26.7 Å². The maximum atomic E-state index is 13.4. The zero-order chi connectivity index (χ0) is 14.9. The molecule has 0 aliphatic rings. The van der Waals surface area contributed by atoms with E-state index in [0.29, 0.717) is 6.07 Å². The number of nitrogens with one attached hydrogen (secondary N) is 1. The highest BCUT2D eigenvalue weighted by atomic mass is 32.2. The Morgan fingerprint density at radius 2 is 1.60 bits per heavy atom. The lowest BCUT2D eigenvalue weighted by Crippen LogP contribution is -2.15. The molecule has 2 aromatic rings. The zero-order valence-electron chi connectivity index (χ0n) is 9.77. The highest BCUT2D eigenvalue weighted by molar-refractivity contribution is 7.92. The lowest BCUT2D eigenvalue weighted by molar-refractivity contribution is 0.449. The van der Waals surface area contributed by atoms with Crippen LogP contribution in [0.5, 0.6) is 5.75 Å². The van der Waals surface area contributed by atoms with Gasteiger partial charge in [-0.3, -0.25) is 4.72 Å². The molecule has 0 aliphatic carbocycles. The predicted octanol–water partition coefficient (Wildman–Crippen LogP) is 2.61. The SMILES string of the molecule is O=S(=O)(Nc1ccc(F)c(F)c1F)c1ccccc1O. The van der Waals surface area contributed by atoms with Crippen LogP contribution in [0, 0.1) is 17.5 Å². The van der Waals surface area contributed by atoms with Crippen LogP contribution in [-0.2, 0) is 10.0 Å². The van der Waals surface area contributed by atoms with E-state index in [1.165, 1.54) is 12.1 Å². The number of phenols is 1. The molecule has 0 bridgehead atoms. The largest absolute Gasteiger partial charge is 0.507 e. The molecule has 2 rings (SSSR count). The number of sulfonamides is 1. The summed E-state index contributed by atoms with van der Waals surface area (Å²) in [5.41, 5.74) is -0.757. The first kappa shape index (κ1) is 14.2. The minimum atomic E-state index is -4.33. The van der Waals surface area contributed by atoms with Crippen LogP contribution in [0.25, 0.3) is 0 Å². The second-order valence-corrected chi connectivity index (χ2v) is 5.45. The van der Waals surface area contributed by atoms with Crippen molar-refractivity contribution in [2.75, 3.05) is 4.72 Å². The molecular weight excluding hydrogens is 295 g/mol. The van der Waals surface area contributed by atoms with Crippen molar-refractivity contribution in [3.63, 3.8) is 0 Å². The Morgan fingerprint density at radius 1 is 0.950 bits per heavy atom. The van der Waals surface area contributed by atoms with Crippen LogP contribution < -0.4 is 4.72 Å². The summed E-state index contributed by atoms with van der Waals surface area (Å²) in [6.07, 6.45) is 0. The van der Waals surface area contributed by atoms with Gasteiger partial charge in [0.1, 0.15) is 10.6 Å². The second kappa shape index (κ2) is 5.04. The van der Waals surface area contributed by atoms with Crippen LogP contribution in [0.15, 0.2) is 41.3 Å². The molecule has 4 nitrogen and oxygen atoms in total. The average Bonchev–Trinajstić information content (AvgIpc) is 2.40. The topological polar surface area (TPSA) is 66.4 Å². The smallest absolute Gasteiger partial charge is 0.265 e. The first-order valence-corrected chi connectivity index (χ1v) is 6.75. The highest BCUT2D eigenvalue weighted by Crippen LogP contribution is 2.26. The summed E-state index contributed by atoms with van der Waals surface area (Å²) >= 11 is 0. The third-order valence-corrected chi connectivity index (χ3v) is 3.85. The molecule has 0 saturated carbocycles. The normalized spacial score (nSPS) is 11.3. The molecule has 0 aliphatic heterocycles. The van der Waals surface area contributed by atoms with Crippen molar-refractivity contribution in [1.29, 1.82) is 0 Å². The Bertz CT molecular complexity index is 763. The van der Waals surface area contributed by atoms with E-state index in [2.05, 4.69) is 0 Å². The van der Waals surface area contributed by atoms with Gasteiger partial charge in [0.2, 0.25) is 0 Å². The summed E-state index contributed by atoms with van der Waals surface area (Å²) in [6.45, 7) is 0. The van der Waals surface area contributed by atoms with Gasteiger partial charge in [-0.2, -0.15) is 0 Å². The fourth-order valence-corrected chi connectivity index (χ4v) is 2.65. The third-order valence-electron chi connectivity index (χ3n) is 2.43. The summed E-state index contributed by atoms with van der Waals surface area (Å²) in [7, 11) is -4.33.